The summed E-state index contributed by atoms with van der Waals surface area (Å²) >= 11 is 0. The van der Waals surface area contributed by atoms with Crippen LogP contribution in [-0.4, -0.2) is 41.0 Å². The van der Waals surface area contributed by atoms with E-state index < -0.39 is 32.5 Å². The standard InChI is InChI=1S/C43H79O8P/c1-3-5-7-9-11-13-15-17-19-20-21-22-24-26-28-30-32-34-36-38-43(45)51-41(40-50-52(46,47)48)39-49-42(44)37-35-33-31-29-27-25-23-18-16-14-12-10-8-6-4-2/h11,13-14,16-17,19,41H,3-10,12,15,18,20-40H2,1-2H3,(H2,46,47,48)/b13-11-,16-14-,19-17-/t41-/m1/s1. The van der Waals surface area contributed by atoms with Crippen LogP contribution in [0, 0.1) is 0 Å². The third kappa shape index (κ3) is 41.0. The number of hydrogen-bond acceptors (Lipinski definition) is 6. The smallest absolute Gasteiger partial charge is 0.462 e. The lowest BCUT2D eigenvalue weighted by Crippen LogP contribution is -2.29. The molecule has 0 rings (SSSR count). The molecule has 0 aliphatic heterocycles. The Balaban J connectivity index is 3.91. The first-order chi connectivity index (χ1) is 25.3. The number of phosphoric ester groups is 1. The molecule has 1 atom stereocenters. The SMILES string of the molecule is CCCCC/C=C\C/C=C\CCCCCCCCCCCC(=O)O[C@H](COC(=O)CCCCCCCCC/C=C\CCCCCC)COP(=O)(O)O. The molecule has 0 saturated heterocycles. The molecule has 2 N–H and O–H groups in total. The summed E-state index contributed by atoms with van der Waals surface area (Å²) in [6.07, 6.45) is 45.7. The van der Waals surface area contributed by atoms with Gasteiger partial charge in [-0.05, 0) is 70.6 Å². The molecule has 0 aromatic rings. The van der Waals surface area contributed by atoms with Crippen molar-refractivity contribution < 1.29 is 37.9 Å². The van der Waals surface area contributed by atoms with E-state index in [1.54, 1.807) is 0 Å². The van der Waals surface area contributed by atoms with E-state index in [1.165, 1.54) is 109 Å². The molecule has 0 aliphatic rings. The zero-order valence-electron chi connectivity index (χ0n) is 33.5. The van der Waals surface area contributed by atoms with Gasteiger partial charge in [-0.15, -0.1) is 0 Å². The fourth-order valence-electron chi connectivity index (χ4n) is 5.93. The highest BCUT2D eigenvalue weighted by Gasteiger charge is 2.22. The maximum Gasteiger partial charge on any atom is 0.469 e. The van der Waals surface area contributed by atoms with Crippen molar-refractivity contribution in [2.24, 2.45) is 0 Å². The molecule has 0 aromatic heterocycles. The first-order valence-electron chi connectivity index (χ1n) is 21.3. The predicted molar refractivity (Wildman–Crippen MR) is 216 cm³/mol. The van der Waals surface area contributed by atoms with Crippen molar-refractivity contribution in [1.82, 2.24) is 0 Å². The molecule has 0 aliphatic carbocycles. The van der Waals surface area contributed by atoms with Gasteiger partial charge in [-0.3, -0.25) is 14.1 Å². The Bertz CT molecular complexity index is 941. The zero-order chi connectivity index (χ0) is 38.2. The molecule has 0 spiro atoms. The monoisotopic (exact) mass is 755 g/mol. The number of unbranched alkanes of at least 4 members (excludes halogenated alkanes) is 23. The Morgan fingerprint density at radius 3 is 1.33 bits per heavy atom. The van der Waals surface area contributed by atoms with E-state index in [0.29, 0.717) is 6.42 Å². The second-order valence-corrected chi connectivity index (χ2v) is 15.5. The van der Waals surface area contributed by atoms with Gasteiger partial charge in [0, 0.05) is 12.8 Å². The van der Waals surface area contributed by atoms with Gasteiger partial charge < -0.3 is 19.3 Å². The van der Waals surface area contributed by atoms with Crippen LogP contribution in [0.1, 0.15) is 206 Å². The summed E-state index contributed by atoms with van der Waals surface area (Å²) in [7, 11) is -4.75. The fourth-order valence-corrected chi connectivity index (χ4v) is 6.29. The normalized spacial score (nSPS) is 12.8. The molecule has 9 heteroatoms. The molecule has 0 unspecified atom stereocenters. The van der Waals surface area contributed by atoms with E-state index in [0.717, 1.165) is 64.2 Å². The molecular formula is C43H79O8P. The van der Waals surface area contributed by atoms with Crippen molar-refractivity contribution in [3.63, 3.8) is 0 Å². The average molecular weight is 755 g/mol. The zero-order valence-corrected chi connectivity index (χ0v) is 34.4. The molecule has 0 saturated carbocycles. The third-order valence-corrected chi connectivity index (χ3v) is 9.62. The van der Waals surface area contributed by atoms with Crippen LogP contribution in [-0.2, 0) is 28.2 Å². The summed E-state index contributed by atoms with van der Waals surface area (Å²) in [6.45, 7) is 3.65. The Hall–Kier alpha value is -1.73. The molecule has 0 bridgehead atoms. The Morgan fingerprint density at radius 1 is 0.500 bits per heavy atom. The number of phosphoric acid groups is 1. The van der Waals surface area contributed by atoms with Crippen LogP contribution < -0.4 is 0 Å². The number of rotatable bonds is 39. The number of esters is 2. The van der Waals surface area contributed by atoms with Gasteiger partial charge in [0.15, 0.2) is 6.10 Å². The summed E-state index contributed by atoms with van der Waals surface area (Å²) in [5.41, 5.74) is 0. The van der Waals surface area contributed by atoms with Gasteiger partial charge in [0.2, 0.25) is 0 Å². The first kappa shape index (κ1) is 50.3. The van der Waals surface area contributed by atoms with Crippen molar-refractivity contribution in [1.29, 1.82) is 0 Å². The van der Waals surface area contributed by atoms with Crippen LogP contribution in [0.4, 0.5) is 0 Å². The Kier molecular flexibility index (Phi) is 37.7. The minimum Gasteiger partial charge on any atom is -0.462 e. The van der Waals surface area contributed by atoms with Gasteiger partial charge >= 0.3 is 19.8 Å². The van der Waals surface area contributed by atoms with E-state index in [-0.39, 0.29) is 19.4 Å². The summed E-state index contributed by atoms with van der Waals surface area (Å²) in [6, 6.07) is 0. The van der Waals surface area contributed by atoms with E-state index in [1.807, 2.05) is 0 Å². The first-order valence-corrected chi connectivity index (χ1v) is 22.8. The Morgan fingerprint density at radius 2 is 0.865 bits per heavy atom. The van der Waals surface area contributed by atoms with Crippen molar-refractivity contribution in [2.45, 2.75) is 213 Å². The molecule has 0 amide bonds. The van der Waals surface area contributed by atoms with E-state index in [9.17, 15) is 14.2 Å². The van der Waals surface area contributed by atoms with Crippen LogP contribution in [0.25, 0.3) is 0 Å². The molecule has 304 valence electrons. The van der Waals surface area contributed by atoms with Crippen LogP contribution in [0.5, 0.6) is 0 Å². The van der Waals surface area contributed by atoms with Crippen molar-refractivity contribution in [2.75, 3.05) is 13.2 Å². The summed E-state index contributed by atoms with van der Waals surface area (Å²) in [5, 5.41) is 0. The van der Waals surface area contributed by atoms with Gasteiger partial charge in [-0.1, -0.05) is 159 Å². The largest absolute Gasteiger partial charge is 0.469 e. The number of allylic oxidation sites excluding steroid dienone is 6. The lowest BCUT2D eigenvalue weighted by Gasteiger charge is -2.18. The van der Waals surface area contributed by atoms with E-state index >= 15 is 0 Å². The number of ether oxygens (including phenoxy) is 2. The fraction of sp³-hybridized carbons (Fsp3) is 0.814. The molecule has 0 heterocycles. The predicted octanol–water partition coefficient (Wildman–Crippen LogP) is 13.0. The van der Waals surface area contributed by atoms with Gasteiger partial charge in [0.05, 0.1) is 6.61 Å². The second kappa shape index (κ2) is 39.0. The van der Waals surface area contributed by atoms with Gasteiger partial charge in [-0.25, -0.2) is 4.57 Å². The van der Waals surface area contributed by atoms with Crippen LogP contribution >= 0.6 is 7.82 Å². The van der Waals surface area contributed by atoms with E-state index in [4.69, 9.17) is 19.3 Å². The molecule has 0 radical (unpaired) electrons. The maximum atomic E-state index is 12.4. The molecule has 0 fully saturated rings. The summed E-state index contributed by atoms with van der Waals surface area (Å²) < 4.78 is 26.4. The Labute approximate surface area is 319 Å². The summed E-state index contributed by atoms with van der Waals surface area (Å²) in [5.74, 6) is -0.891. The summed E-state index contributed by atoms with van der Waals surface area (Å²) in [4.78, 5) is 42.9. The third-order valence-electron chi connectivity index (χ3n) is 9.13. The number of hydrogen-bond donors (Lipinski definition) is 2. The quantitative estimate of drug-likeness (QED) is 0.0275. The van der Waals surface area contributed by atoms with Crippen molar-refractivity contribution >= 4 is 19.8 Å². The molecule has 0 aromatic carbocycles. The lowest BCUT2D eigenvalue weighted by atomic mass is 10.1. The maximum absolute atomic E-state index is 12.4. The van der Waals surface area contributed by atoms with Crippen molar-refractivity contribution in [3.05, 3.63) is 36.5 Å². The van der Waals surface area contributed by atoms with Crippen molar-refractivity contribution in [3.8, 4) is 0 Å². The lowest BCUT2D eigenvalue weighted by molar-refractivity contribution is -0.161. The average Bonchev–Trinajstić information content (AvgIpc) is 3.11. The van der Waals surface area contributed by atoms with Crippen LogP contribution in [0.2, 0.25) is 0 Å². The highest BCUT2D eigenvalue weighted by atomic mass is 31.2. The van der Waals surface area contributed by atoms with Gasteiger partial charge in [0.1, 0.15) is 6.61 Å². The molecule has 8 nitrogen and oxygen atoms in total. The van der Waals surface area contributed by atoms with E-state index in [2.05, 4.69) is 54.8 Å². The molecule has 52 heavy (non-hydrogen) atoms. The number of carbonyl (C=O) groups excluding carboxylic acids is 2. The minimum absolute atomic E-state index is 0.207. The van der Waals surface area contributed by atoms with Gasteiger partial charge in [-0.2, -0.15) is 0 Å². The topological polar surface area (TPSA) is 119 Å². The van der Waals surface area contributed by atoms with Crippen LogP contribution in [0.15, 0.2) is 36.5 Å². The van der Waals surface area contributed by atoms with Gasteiger partial charge in [0.25, 0.3) is 0 Å². The highest BCUT2D eigenvalue weighted by molar-refractivity contribution is 7.46. The number of carbonyl (C=O) groups is 2. The minimum atomic E-state index is -4.75. The van der Waals surface area contributed by atoms with Crippen LogP contribution in [0.3, 0.4) is 0 Å². The molecular weight excluding hydrogens is 675 g/mol. The second-order valence-electron chi connectivity index (χ2n) is 14.3. The highest BCUT2D eigenvalue weighted by Crippen LogP contribution is 2.36.